The van der Waals surface area contributed by atoms with Crippen LogP contribution in [-0.2, 0) is 10.0 Å². The molecular formula is C16H24FN3O2S. The lowest BCUT2D eigenvalue weighted by atomic mass is 10.0. The molecule has 128 valence electrons. The van der Waals surface area contributed by atoms with E-state index in [-0.39, 0.29) is 4.90 Å². The number of halogens is 1. The van der Waals surface area contributed by atoms with E-state index in [1.54, 1.807) is 0 Å². The topological polar surface area (TPSA) is 43.9 Å². The van der Waals surface area contributed by atoms with Gasteiger partial charge in [-0.25, -0.2) is 12.8 Å². The third-order valence-corrected chi connectivity index (χ3v) is 6.84. The van der Waals surface area contributed by atoms with Gasteiger partial charge in [0.2, 0.25) is 10.0 Å². The van der Waals surface area contributed by atoms with Crippen molar-refractivity contribution in [3.05, 3.63) is 30.1 Å². The minimum Gasteiger partial charge on any atom is -0.304 e. The van der Waals surface area contributed by atoms with E-state index >= 15 is 0 Å². The molecule has 7 heteroatoms. The molecule has 3 rings (SSSR count). The Kier molecular flexibility index (Phi) is 5.01. The lowest BCUT2D eigenvalue weighted by Gasteiger charge is -2.41. The van der Waals surface area contributed by atoms with E-state index in [0.717, 1.165) is 39.0 Å². The number of hydrogen-bond acceptors (Lipinski definition) is 4. The molecule has 2 aliphatic rings. The highest BCUT2D eigenvalue weighted by molar-refractivity contribution is 7.89. The molecule has 0 spiro atoms. The number of piperidine rings is 1. The quantitative estimate of drug-likeness (QED) is 0.829. The van der Waals surface area contributed by atoms with Gasteiger partial charge in [-0.1, -0.05) is 0 Å². The van der Waals surface area contributed by atoms with Gasteiger partial charge >= 0.3 is 0 Å². The highest BCUT2D eigenvalue weighted by Crippen LogP contribution is 2.24. The summed E-state index contributed by atoms with van der Waals surface area (Å²) >= 11 is 0. The van der Waals surface area contributed by atoms with E-state index in [1.807, 2.05) is 0 Å². The zero-order valence-corrected chi connectivity index (χ0v) is 14.3. The minimum atomic E-state index is -3.50. The molecule has 1 aromatic carbocycles. The monoisotopic (exact) mass is 341 g/mol. The highest BCUT2D eigenvalue weighted by Gasteiger charge is 2.32. The normalized spacial score (nSPS) is 23.2. The van der Waals surface area contributed by atoms with E-state index in [9.17, 15) is 12.8 Å². The lowest BCUT2D eigenvalue weighted by Crippen LogP contribution is -2.52. The number of sulfonamides is 1. The van der Waals surface area contributed by atoms with Gasteiger partial charge < -0.3 is 4.90 Å². The van der Waals surface area contributed by atoms with Crippen LogP contribution in [0.25, 0.3) is 0 Å². The summed E-state index contributed by atoms with van der Waals surface area (Å²) < 4.78 is 39.7. The van der Waals surface area contributed by atoms with Gasteiger partial charge in [-0.15, -0.1) is 0 Å². The maximum absolute atomic E-state index is 13.0. The van der Waals surface area contributed by atoms with E-state index < -0.39 is 15.8 Å². The van der Waals surface area contributed by atoms with Crippen LogP contribution in [0.15, 0.2) is 29.2 Å². The van der Waals surface area contributed by atoms with Crippen molar-refractivity contribution in [2.45, 2.75) is 23.8 Å². The molecule has 5 nitrogen and oxygen atoms in total. The standard InChI is InChI=1S/C16H24FN3O2S/c1-18-10-12-19(13-11-18)15-6-8-20(9-7-15)23(21,22)16-4-2-14(17)3-5-16/h2-5,15H,6-13H2,1H3. The Labute approximate surface area is 137 Å². The fourth-order valence-electron chi connectivity index (χ4n) is 3.39. The SMILES string of the molecule is CN1CCN(C2CCN(S(=O)(=O)c3ccc(F)cc3)CC2)CC1. The molecule has 0 N–H and O–H groups in total. The van der Waals surface area contributed by atoms with Crippen molar-refractivity contribution in [1.29, 1.82) is 0 Å². The van der Waals surface area contributed by atoms with Gasteiger partial charge in [-0.2, -0.15) is 4.31 Å². The maximum Gasteiger partial charge on any atom is 0.243 e. The van der Waals surface area contributed by atoms with Gasteiger partial charge in [0.1, 0.15) is 5.82 Å². The molecule has 0 bridgehead atoms. The van der Waals surface area contributed by atoms with Gasteiger partial charge in [0.25, 0.3) is 0 Å². The zero-order valence-electron chi connectivity index (χ0n) is 13.5. The second kappa shape index (κ2) is 6.84. The van der Waals surface area contributed by atoms with Crippen molar-refractivity contribution < 1.29 is 12.8 Å². The number of rotatable bonds is 3. The zero-order chi connectivity index (χ0) is 16.4. The molecule has 1 aromatic rings. The number of piperazine rings is 1. The van der Waals surface area contributed by atoms with Gasteiger partial charge in [0.05, 0.1) is 4.90 Å². The Morgan fingerprint density at radius 2 is 1.52 bits per heavy atom. The molecule has 0 aliphatic carbocycles. The molecular weight excluding hydrogens is 317 g/mol. The summed E-state index contributed by atoms with van der Waals surface area (Å²) in [5, 5.41) is 0. The van der Waals surface area contributed by atoms with E-state index in [2.05, 4.69) is 16.8 Å². The minimum absolute atomic E-state index is 0.178. The van der Waals surface area contributed by atoms with Crippen molar-refractivity contribution in [2.24, 2.45) is 0 Å². The van der Waals surface area contributed by atoms with E-state index in [1.165, 1.54) is 28.6 Å². The van der Waals surface area contributed by atoms with E-state index in [4.69, 9.17) is 0 Å². The smallest absolute Gasteiger partial charge is 0.243 e. The molecule has 0 unspecified atom stereocenters. The van der Waals surface area contributed by atoms with Gasteiger partial charge in [-0.05, 0) is 44.2 Å². The van der Waals surface area contributed by atoms with Gasteiger partial charge in [-0.3, -0.25) is 4.90 Å². The molecule has 2 fully saturated rings. The van der Waals surface area contributed by atoms with Crippen LogP contribution in [0, 0.1) is 5.82 Å². The molecule has 0 atom stereocenters. The van der Waals surface area contributed by atoms with Crippen LogP contribution in [0.5, 0.6) is 0 Å². The fraction of sp³-hybridized carbons (Fsp3) is 0.625. The van der Waals surface area contributed by atoms with Gasteiger partial charge in [0.15, 0.2) is 0 Å². The van der Waals surface area contributed by atoms with Crippen molar-refractivity contribution >= 4 is 10.0 Å². The van der Waals surface area contributed by atoms with Crippen molar-refractivity contribution in [3.63, 3.8) is 0 Å². The first-order valence-corrected chi connectivity index (χ1v) is 9.59. The average Bonchev–Trinajstić information content (AvgIpc) is 2.56. The fourth-order valence-corrected chi connectivity index (χ4v) is 4.86. The summed E-state index contributed by atoms with van der Waals surface area (Å²) in [7, 11) is -1.37. The molecule has 0 saturated carbocycles. The predicted octanol–water partition coefficient (Wildman–Crippen LogP) is 1.23. The Morgan fingerprint density at radius 3 is 2.09 bits per heavy atom. The van der Waals surface area contributed by atoms with Crippen LogP contribution in [0.1, 0.15) is 12.8 Å². The third-order valence-electron chi connectivity index (χ3n) is 4.93. The molecule has 2 aliphatic heterocycles. The summed E-state index contributed by atoms with van der Waals surface area (Å²) in [6.45, 7) is 5.35. The van der Waals surface area contributed by atoms with Crippen LogP contribution in [0.3, 0.4) is 0 Å². The summed E-state index contributed by atoms with van der Waals surface area (Å²) in [5.41, 5.74) is 0. The number of likely N-dealkylation sites (N-methyl/N-ethyl adjacent to an activating group) is 1. The molecule has 2 heterocycles. The second-order valence-corrected chi connectivity index (χ2v) is 8.37. The van der Waals surface area contributed by atoms with Gasteiger partial charge in [0, 0.05) is 45.3 Å². The summed E-state index contributed by atoms with van der Waals surface area (Å²) in [4.78, 5) is 4.99. The molecule has 23 heavy (non-hydrogen) atoms. The Hall–Kier alpha value is -1.02. The molecule has 0 amide bonds. The van der Waals surface area contributed by atoms with E-state index in [0.29, 0.717) is 19.1 Å². The Bertz CT molecular complexity index is 619. The summed E-state index contributed by atoms with van der Waals surface area (Å²) in [6.07, 6.45) is 1.73. The predicted molar refractivity (Wildman–Crippen MR) is 87.3 cm³/mol. The maximum atomic E-state index is 13.0. The number of hydrogen-bond donors (Lipinski definition) is 0. The van der Waals surface area contributed by atoms with Crippen molar-refractivity contribution in [2.75, 3.05) is 46.3 Å². The third kappa shape index (κ3) is 3.74. The second-order valence-electron chi connectivity index (χ2n) is 6.43. The largest absolute Gasteiger partial charge is 0.304 e. The molecule has 2 saturated heterocycles. The van der Waals surface area contributed by atoms with Crippen LogP contribution >= 0.6 is 0 Å². The number of benzene rings is 1. The van der Waals surface area contributed by atoms with Crippen molar-refractivity contribution in [3.8, 4) is 0 Å². The molecule has 0 radical (unpaired) electrons. The van der Waals surface area contributed by atoms with Crippen molar-refractivity contribution in [1.82, 2.24) is 14.1 Å². The first-order chi connectivity index (χ1) is 11.0. The van der Waals surface area contributed by atoms with Crippen LogP contribution in [-0.4, -0.2) is 74.9 Å². The van der Waals surface area contributed by atoms with Crippen LogP contribution in [0.4, 0.5) is 4.39 Å². The lowest BCUT2D eigenvalue weighted by molar-refractivity contribution is 0.0836. The van der Waals surface area contributed by atoms with Crippen LogP contribution in [0.2, 0.25) is 0 Å². The molecule has 0 aromatic heterocycles. The van der Waals surface area contributed by atoms with Crippen LogP contribution < -0.4 is 0 Å². The Morgan fingerprint density at radius 1 is 0.957 bits per heavy atom. The summed E-state index contributed by atoms with van der Waals surface area (Å²) in [5.74, 6) is -0.419. The first kappa shape index (κ1) is 16.8. The highest BCUT2D eigenvalue weighted by atomic mass is 32.2. The summed E-state index contributed by atoms with van der Waals surface area (Å²) in [6, 6.07) is 5.56. The average molecular weight is 341 g/mol. The Balaban J connectivity index is 1.61. The first-order valence-electron chi connectivity index (χ1n) is 8.15. The number of nitrogens with zero attached hydrogens (tertiary/aromatic N) is 3.